The van der Waals surface area contributed by atoms with Gasteiger partial charge in [0.25, 0.3) is 0 Å². The third-order valence-corrected chi connectivity index (χ3v) is 6.02. The molecule has 0 aromatic rings. The molecule has 1 aliphatic carbocycles. The van der Waals surface area contributed by atoms with Crippen molar-refractivity contribution in [3.8, 4) is 0 Å². The lowest BCUT2D eigenvalue weighted by Crippen LogP contribution is -2.23. The Morgan fingerprint density at radius 2 is 1.94 bits per heavy atom. The van der Waals surface area contributed by atoms with Crippen LogP contribution < -0.4 is 5.32 Å². The summed E-state index contributed by atoms with van der Waals surface area (Å²) < 4.78 is 4.60. The number of ether oxygens (including phenoxy) is 1. The Balaban J connectivity index is 2.48. The zero-order chi connectivity index (χ0) is 25.6. The Morgan fingerprint density at radius 3 is 2.59 bits per heavy atom. The van der Waals surface area contributed by atoms with Crippen molar-refractivity contribution in [3.63, 3.8) is 0 Å². The number of carbonyl (C=O) groups is 2. The number of methoxy groups -OCH3 is 1. The summed E-state index contributed by atoms with van der Waals surface area (Å²) in [6.07, 6.45) is 18.6. The summed E-state index contributed by atoms with van der Waals surface area (Å²) in [5.41, 5.74) is 5.16. The van der Waals surface area contributed by atoms with E-state index in [1.807, 2.05) is 25.2 Å². The van der Waals surface area contributed by atoms with E-state index in [9.17, 15) is 14.4 Å². The van der Waals surface area contributed by atoms with Crippen LogP contribution in [0.2, 0.25) is 0 Å². The Morgan fingerprint density at radius 1 is 1.21 bits per heavy atom. The fourth-order valence-electron chi connectivity index (χ4n) is 4.05. The number of carbonyl (C=O) groups excluding carboxylic acids is 3. The van der Waals surface area contributed by atoms with E-state index < -0.39 is 12.0 Å². The number of nitrogens with one attached hydrogen (secondary N) is 1. The molecule has 0 saturated heterocycles. The Bertz CT molecular complexity index is 913. The Hall–Kier alpha value is -2.98. The van der Waals surface area contributed by atoms with Gasteiger partial charge in [0.05, 0.1) is 7.11 Å². The van der Waals surface area contributed by atoms with Crippen LogP contribution in [0, 0.1) is 5.41 Å². The van der Waals surface area contributed by atoms with Gasteiger partial charge in [-0.1, -0.05) is 55.4 Å². The summed E-state index contributed by atoms with van der Waals surface area (Å²) in [6, 6.07) is -0.827. The molecule has 1 atom stereocenters. The van der Waals surface area contributed by atoms with Gasteiger partial charge in [0, 0.05) is 12.6 Å². The molecule has 6 heteroatoms. The third-order valence-electron chi connectivity index (χ3n) is 6.02. The van der Waals surface area contributed by atoms with Gasteiger partial charge < -0.3 is 10.1 Å². The molecule has 186 valence electrons. The summed E-state index contributed by atoms with van der Waals surface area (Å²) >= 11 is 0. The van der Waals surface area contributed by atoms with Gasteiger partial charge in [-0.2, -0.15) is 4.99 Å². The largest absolute Gasteiger partial charge is 0.467 e. The number of unbranched alkanes of at least 4 members (excludes halogenated alkanes) is 1. The van der Waals surface area contributed by atoms with Crippen molar-refractivity contribution in [2.75, 3.05) is 13.7 Å². The molecule has 0 aromatic carbocycles. The minimum Gasteiger partial charge on any atom is -0.467 e. The van der Waals surface area contributed by atoms with Crippen molar-refractivity contribution < 1.29 is 19.1 Å². The van der Waals surface area contributed by atoms with Gasteiger partial charge in [-0.3, -0.25) is 4.79 Å². The van der Waals surface area contributed by atoms with E-state index in [4.69, 9.17) is 0 Å². The number of hydrogen-bond acceptors (Lipinski definition) is 5. The summed E-state index contributed by atoms with van der Waals surface area (Å²) in [5.74, 6) is -0.720. The van der Waals surface area contributed by atoms with Gasteiger partial charge >= 0.3 is 5.97 Å². The first-order chi connectivity index (χ1) is 16.1. The van der Waals surface area contributed by atoms with Crippen LogP contribution in [0.5, 0.6) is 0 Å². The predicted octanol–water partition coefficient (Wildman–Crippen LogP) is 5.68. The number of nitrogens with zero attached hydrogens (tertiary/aromatic N) is 1. The lowest BCUT2D eigenvalue weighted by molar-refractivity contribution is -0.142. The zero-order valence-corrected chi connectivity index (χ0v) is 21.6. The summed E-state index contributed by atoms with van der Waals surface area (Å²) in [5, 5.41) is 2.83. The number of aliphatic imine (C=N–C) groups is 1. The SMILES string of the molecule is COC(=O)[C@H](CCCCNC(=O)/C=C(C)/C=C/C=C(C)/C=C/C1=C(C)CCCC1(C)C)N=C=O. The van der Waals surface area contributed by atoms with E-state index in [-0.39, 0.29) is 11.3 Å². The molecule has 0 bridgehead atoms. The summed E-state index contributed by atoms with van der Waals surface area (Å²) in [4.78, 5) is 37.4. The first-order valence-corrected chi connectivity index (χ1v) is 11.9. The van der Waals surface area contributed by atoms with Crippen molar-refractivity contribution in [2.24, 2.45) is 10.4 Å². The van der Waals surface area contributed by atoms with E-state index in [2.05, 4.69) is 54.9 Å². The monoisotopic (exact) mass is 468 g/mol. The number of hydrogen-bond donors (Lipinski definition) is 1. The van der Waals surface area contributed by atoms with Crippen LogP contribution in [0.25, 0.3) is 0 Å². The van der Waals surface area contributed by atoms with E-state index in [1.165, 1.54) is 43.6 Å². The van der Waals surface area contributed by atoms with Crippen LogP contribution in [0.1, 0.15) is 73.1 Å². The van der Waals surface area contributed by atoms with Crippen molar-refractivity contribution in [2.45, 2.75) is 79.2 Å². The molecule has 0 aromatic heterocycles. The molecular weight excluding hydrogens is 428 g/mol. The average molecular weight is 469 g/mol. The van der Waals surface area contributed by atoms with Gasteiger partial charge in [0.2, 0.25) is 12.0 Å². The minimum absolute atomic E-state index is 0.167. The summed E-state index contributed by atoms with van der Waals surface area (Å²) in [6.45, 7) is 11.3. The molecule has 0 saturated carbocycles. The van der Waals surface area contributed by atoms with Gasteiger partial charge in [-0.25, -0.2) is 9.59 Å². The van der Waals surface area contributed by atoms with Crippen LogP contribution in [-0.4, -0.2) is 37.7 Å². The maximum absolute atomic E-state index is 12.1. The smallest absolute Gasteiger partial charge is 0.331 e. The molecule has 0 heterocycles. The van der Waals surface area contributed by atoms with Gasteiger partial charge in [0.15, 0.2) is 6.04 Å². The molecule has 1 rings (SSSR count). The van der Waals surface area contributed by atoms with E-state index in [0.29, 0.717) is 25.8 Å². The molecule has 1 N–H and O–H groups in total. The predicted molar refractivity (Wildman–Crippen MR) is 137 cm³/mol. The van der Waals surface area contributed by atoms with E-state index in [1.54, 1.807) is 6.08 Å². The number of esters is 1. The Kier molecular flexibility index (Phi) is 12.8. The highest BCUT2D eigenvalue weighted by atomic mass is 16.5. The maximum Gasteiger partial charge on any atom is 0.331 e. The molecule has 34 heavy (non-hydrogen) atoms. The molecule has 0 fully saturated rings. The number of rotatable bonds is 12. The number of allylic oxidation sites excluding steroid dienone is 9. The molecule has 0 radical (unpaired) electrons. The van der Waals surface area contributed by atoms with Crippen molar-refractivity contribution >= 4 is 18.0 Å². The fourth-order valence-corrected chi connectivity index (χ4v) is 4.05. The fraction of sp³-hybridized carbons (Fsp3) is 0.536. The van der Waals surface area contributed by atoms with Crippen LogP contribution in [0.3, 0.4) is 0 Å². The maximum atomic E-state index is 12.1. The highest BCUT2D eigenvalue weighted by molar-refractivity contribution is 5.88. The number of amides is 1. The highest BCUT2D eigenvalue weighted by Gasteiger charge is 2.26. The van der Waals surface area contributed by atoms with E-state index in [0.717, 1.165) is 11.1 Å². The lowest BCUT2D eigenvalue weighted by atomic mass is 9.72. The zero-order valence-electron chi connectivity index (χ0n) is 21.6. The van der Waals surface area contributed by atoms with Crippen molar-refractivity contribution in [3.05, 3.63) is 58.7 Å². The molecule has 0 aliphatic heterocycles. The normalized spacial score (nSPS) is 17.6. The first-order valence-electron chi connectivity index (χ1n) is 11.9. The van der Waals surface area contributed by atoms with Gasteiger partial charge in [-0.05, 0) is 75.9 Å². The van der Waals surface area contributed by atoms with Gasteiger partial charge in [0.1, 0.15) is 0 Å². The van der Waals surface area contributed by atoms with Crippen LogP contribution >= 0.6 is 0 Å². The molecule has 0 unspecified atom stereocenters. The van der Waals surface area contributed by atoms with Crippen molar-refractivity contribution in [1.82, 2.24) is 5.32 Å². The molecule has 6 nitrogen and oxygen atoms in total. The van der Waals surface area contributed by atoms with Crippen LogP contribution in [0.4, 0.5) is 0 Å². The quantitative estimate of drug-likeness (QED) is 0.0997. The minimum atomic E-state index is -0.827. The number of isocyanates is 1. The molecule has 0 spiro atoms. The van der Waals surface area contributed by atoms with Crippen LogP contribution in [0.15, 0.2) is 63.7 Å². The second-order valence-corrected chi connectivity index (χ2v) is 9.47. The second-order valence-electron chi connectivity index (χ2n) is 9.47. The van der Waals surface area contributed by atoms with Gasteiger partial charge in [-0.15, -0.1) is 0 Å². The molecule has 1 amide bonds. The topological polar surface area (TPSA) is 84.8 Å². The Labute approximate surface area is 204 Å². The average Bonchev–Trinajstić information content (AvgIpc) is 2.76. The highest BCUT2D eigenvalue weighted by Crippen LogP contribution is 2.40. The first kappa shape index (κ1) is 29.1. The van der Waals surface area contributed by atoms with E-state index >= 15 is 0 Å². The summed E-state index contributed by atoms with van der Waals surface area (Å²) in [7, 11) is 1.25. The molecular formula is C28H40N2O4. The molecule has 1 aliphatic rings. The lowest BCUT2D eigenvalue weighted by Gasteiger charge is -2.32. The van der Waals surface area contributed by atoms with Crippen molar-refractivity contribution in [1.29, 1.82) is 0 Å². The third kappa shape index (κ3) is 10.8. The standard InChI is InChI=1S/C28H40N2O4/c1-21(15-16-24-23(3)13-10-17-28(24,4)5)11-9-12-22(2)19-26(32)29-18-8-7-14-25(30-20-31)27(33)34-6/h9,11-12,15-16,19,25H,7-8,10,13-14,17-18H2,1-6H3,(H,29,32)/b12-9+,16-15+,21-11+,22-19+/t25-/m0/s1. The second kappa shape index (κ2) is 15.0. The van der Waals surface area contributed by atoms with Crippen LogP contribution in [-0.2, 0) is 19.1 Å².